The van der Waals surface area contributed by atoms with Crippen LogP contribution in [0.2, 0.25) is 0 Å². The van der Waals surface area contributed by atoms with Crippen molar-refractivity contribution in [1.29, 1.82) is 0 Å². The molecular weight excluding hydrogens is 346 g/mol. The van der Waals surface area contributed by atoms with Crippen LogP contribution in [0.1, 0.15) is 37.9 Å². The predicted octanol–water partition coefficient (Wildman–Crippen LogP) is 2.70. The standard InChI is InChI=1S/C18H25N7S/c1-12-10-26-16-15(12)20-11-21-17(16)24-6-4-5-13(7-24)8-25-9-14(22-23-25)18(2,3)19/h9-11,13H,4-8,19H2,1-3H3/t13-/m1/s1. The SMILES string of the molecule is Cc1csc2c(N3CCC[C@@H](Cn4cc(C(C)(C)N)nn4)C3)ncnc12. The highest BCUT2D eigenvalue weighted by Gasteiger charge is 2.25. The molecule has 0 radical (unpaired) electrons. The average Bonchev–Trinajstić information content (AvgIpc) is 3.22. The fourth-order valence-corrected chi connectivity index (χ4v) is 4.55. The molecule has 0 saturated carbocycles. The fraction of sp³-hybridized carbons (Fsp3) is 0.556. The Morgan fingerprint density at radius 1 is 1.35 bits per heavy atom. The van der Waals surface area contributed by atoms with E-state index in [4.69, 9.17) is 5.73 Å². The Hall–Kier alpha value is -2.06. The Bertz CT molecular complexity index is 908. The molecule has 1 saturated heterocycles. The van der Waals surface area contributed by atoms with Crippen molar-refractivity contribution in [2.75, 3.05) is 18.0 Å². The number of piperidine rings is 1. The number of hydrogen-bond acceptors (Lipinski definition) is 7. The molecule has 0 aliphatic carbocycles. The van der Waals surface area contributed by atoms with Crippen LogP contribution in [0.4, 0.5) is 5.82 Å². The van der Waals surface area contributed by atoms with Crippen LogP contribution in [0, 0.1) is 12.8 Å². The second-order valence-corrected chi connectivity index (χ2v) is 8.68. The van der Waals surface area contributed by atoms with Crippen LogP contribution in [0.5, 0.6) is 0 Å². The summed E-state index contributed by atoms with van der Waals surface area (Å²) in [6, 6.07) is 0. The average molecular weight is 372 g/mol. The molecule has 8 heteroatoms. The van der Waals surface area contributed by atoms with Gasteiger partial charge in [0, 0.05) is 19.6 Å². The lowest BCUT2D eigenvalue weighted by Gasteiger charge is -2.33. The lowest BCUT2D eigenvalue weighted by molar-refractivity contribution is 0.347. The predicted molar refractivity (Wildman–Crippen MR) is 104 cm³/mol. The summed E-state index contributed by atoms with van der Waals surface area (Å²) in [5, 5.41) is 10.7. The minimum Gasteiger partial charge on any atom is -0.355 e. The fourth-order valence-electron chi connectivity index (χ4n) is 3.54. The summed E-state index contributed by atoms with van der Waals surface area (Å²) in [7, 11) is 0. The van der Waals surface area contributed by atoms with E-state index in [1.165, 1.54) is 16.7 Å². The largest absolute Gasteiger partial charge is 0.355 e. The quantitative estimate of drug-likeness (QED) is 0.759. The molecular formula is C18H25N7S. The third kappa shape index (κ3) is 3.31. The molecule has 0 bridgehead atoms. The zero-order valence-corrected chi connectivity index (χ0v) is 16.3. The number of nitrogens with zero attached hydrogens (tertiary/aromatic N) is 6. The molecule has 0 unspecified atom stereocenters. The number of aryl methyl sites for hydroxylation is 1. The molecule has 1 aliphatic heterocycles. The summed E-state index contributed by atoms with van der Waals surface area (Å²) in [4.78, 5) is 11.4. The zero-order chi connectivity index (χ0) is 18.3. The number of hydrogen-bond donors (Lipinski definition) is 1. The van der Waals surface area contributed by atoms with E-state index in [9.17, 15) is 0 Å². The Kier molecular flexibility index (Phi) is 4.40. The number of aromatic nitrogens is 5. The van der Waals surface area contributed by atoms with Crippen molar-refractivity contribution in [3.8, 4) is 0 Å². The highest BCUT2D eigenvalue weighted by Crippen LogP contribution is 2.33. The summed E-state index contributed by atoms with van der Waals surface area (Å²) < 4.78 is 3.13. The summed E-state index contributed by atoms with van der Waals surface area (Å²) in [6.07, 6.45) is 6.01. The summed E-state index contributed by atoms with van der Waals surface area (Å²) in [5.74, 6) is 1.59. The molecule has 26 heavy (non-hydrogen) atoms. The van der Waals surface area contributed by atoms with Gasteiger partial charge in [0.05, 0.1) is 22.0 Å². The summed E-state index contributed by atoms with van der Waals surface area (Å²) in [6.45, 7) is 8.88. The van der Waals surface area contributed by atoms with Crippen LogP contribution >= 0.6 is 11.3 Å². The molecule has 1 aliphatic rings. The third-order valence-electron chi connectivity index (χ3n) is 4.97. The molecule has 1 fully saturated rings. The number of fused-ring (bicyclic) bond motifs is 1. The second kappa shape index (κ2) is 6.59. The van der Waals surface area contributed by atoms with Crippen molar-refractivity contribution in [1.82, 2.24) is 25.0 Å². The van der Waals surface area contributed by atoms with Crippen molar-refractivity contribution < 1.29 is 0 Å². The maximum atomic E-state index is 6.12. The topological polar surface area (TPSA) is 85.8 Å². The smallest absolute Gasteiger partial charge is 0.150 e. The van der Waals surface area contributed by atoms with Crippen molar-refractivity contribution >= 4 is 27.4 Å². The van der Waals surface area contributed by atoms with Gasteiger partial charge >= 0.3 is 0 Å². The third-order valence-corrected chi connectivity index (χ3v) is 6.06. The van der Waals surface area contributed by atoms with Crippen LogP contribution < -0.4 is 10.6 Å². The van der Waals surface area contributed by atoms with E-state index in [1.807, 2.05) is 24.7 Å². The summed E-state index contributed by atoms with van der Waals surface area (Å²) >= 11 is 1.74. The van der Waals surface area contributed by atoms with Crippen molar-refractivity contribution in [3.05, 3.63) is 29.2 Å². The first kappa shape index (κ1) is 17.4. The second-order valence-electron chi connectivity index (χ2n) is 7.80. The molecule has 4 heterocycles. The van der Waals surface area contributed by atoms with Gasteiger partial charge in [0.2, 0.25) is 0 Å². The van der Waals surface area contributed by atoms with Crippen LogP contribution in [0.15, 0.2) is 17.9 Å². The number of anilines is 1. The molecule has 4 rings (SSSR count). The zero-order valence-electron chi connectivity index (χ0n) is 15.5. The van der Waals surface area contributed by atoms with E-state index in [0.717, 1.165) is 43.1 Å². The monoisotopic (exact) mass is 371 g/mol. The normalized spacial score (nSPS) is 18.6. The molecule has 1 atom stereocenters. The van der Waals surface area contributed by atoms with Crippen LogP contribution in [0.3, 0.4) is 0 Å². The van der Waals surface area contributed by atoms with Crippen molar-refractivity contribution in [3.63, 3.8) is 0 Å². The molecule has 138 valence electrons. The lowest BCUT2D eigenvalue weighted by Crippen LogP contribution is -2.37. The van der Waals surface area contributed by atoms with Crippen molar-refractivity contribution in [2.45, 2.75) is 45.7 Å². The van der Waals surface area contributed by atoms with Gasteiger partial charge in [0.15, 0.2) is 0 Å². The molecule has 3 aromatic heterocycles. The van der Waals surface area contributed by atoms with E-state index < -0.39 is 5.54 Å². The molecule has 3 aromatic rings. The molecule has 0 spiro atoms. The Labute approximate surface area is 157 Å². The van der Waals surface area contributed by atoms with Gasteiger partial charge in [-0.15, -0.1) is 16.4 Å². The molecule has 7 nitrogen and oxygen atoms in total. The Balaban J connectivity index is 1.51. The lowest BCUT2D eigenvalue weighted by atomic mass is 9.98. The van der Waals surface area contributed by atoms with Gasteiger partial charge in [0.25, 0.3) is 0 Å². The number of nitrogens with two attached hydrogens (primary N) is 1. The molecule has 0 aromatic carbocycles. The number of thiophene rings is 1. The summed E-state index contributed by atoms with van der Waals surface area (Å²) in [5.41, 5.74) is 8.79. The van der Waals surface area contributed by atoms with Gasteiger partial charge in [-0.3, -0.25) is 4.68 Å². The number of rotatable bonds is 4. The minimum atomic E-state index is -0.458. The van der Waals surface area contributed by atoms with Gasteiger partial charge in [-0.2, -0.15) is 0 Å². The van der Waals surface area contributed by atoms with Crippen LogP contribution in [-0.4, -0.2) is 38.1 Å². The van der Waals surface area contributed by atoms with E-state index in [-0.39, 0.29) is 0 Å². The van der Waals surface area contributed by atoms with Gasteiger partial charge in [-0.25, -0.2) is 9.97 Å². The first-order valence-electron chi connectivity index (χ1n) is 9.05. The minimum absolute atomic E-state index is 0.458. The molecule has 0 amide bonds. The maximum absolute atomic E-state index is 6.12. The van der Waals surface area contributed by atoms with Gasteiger partial charge in [-0.05, 0) is 50.5 Å². The van der Waals surface area contributed by atoms with E-state index >= 15 is 0 Å². The Morgan fingerprint density at radius 3 is 2.96 bits per heavy atom. The van der Waals surface area contributed by atoms with Crippen LogP contribution in [0.25, 0.3) is 10.2 Å². The van der Waals surface area contributed by atoms with Gasteiger partial charge in [0.1, 0.15) is 17.8 Å². The molecule has 2 N–H and O–H groups in total. The van der Waals surface area contributed by atoms with E-state index in [2.05, 4.69) is 37.5 Å². The van der Waals surface area contributed by atoms with E-state index in [0.29, 0.717) is 5.92 Å². The maximum Gasteiger partial charge on any atom is 0.150 e. The van der Waals surface area contributed by atoms with Gasteiger partial charge in [-0.1, -0.05) is 5.21 Å². The first-order chi connectivity index (χ1) is 12.4. The highest BCUT2D eigenvalue weighted by molar-refractivity contribution is 7.18. The van der Waals surface area contributed by atoms with E-state index in [1.54, 1.807) is 17.7 Å². The van der Waals surface area contributed by atoms with Crippen LogP contribution in [-0.2, 0) is 12.1 Å². The first-order valence-corrected chi connectivity index (χ1v) is 9.93. The van der Waals surface area contributed by atoms with Gasteiger partial charge < -0.3 is 10.6 Å². The van der Waals surface area contributed by atoms with Crippen molar-refractivity contribution in [2.24, 2.45) is 11.7 Å². The highest BCUT2D eigenvalue weighted by atomic mass is 32.1. The Morgan fingerprint density at radius 2 is 2.19 bits per heavy atom.